The summed E-state index contributed by atoms with van der Waals surface area (Å²) in [5.41, 5.74) is 1.74. The van der Waals surface area contributed by atoms with Crippen LogP contribution in [0.1, 0.15) is 0 Å². The van der Waals surface area contributed by atoms with Gasteiger partial charge in [0.05, 0.1) is 17.4 Å². The van der Waals surface area contributed by atoms with E-state index in [1.54, 1.807) is 12.1 Å². The summed E-state index contributed by atoms with van der Waals surface area (Å²) in [6.07, 6.45) is 1.52. The quantitative estimate of drug-likeness (QED) is 0.615. The van der Waals surface area contributed by atoms with Crippen LogP contribution in [-0.4, -0.2) is 27.1 Å². The molecule has 3 N–H and O–H groups in total. The molecule has 6 heteroatoms. The highest BCUT2D eigenvalue weighted by Crippen LogP contribution is 2.18. The fourth-order valence-corrected chi connectivity index (χ4v) is 1.66. The lowest BCUT2D eigenvalue weighted by molar-refractivity contribution is 0.426. The summed E-state index contributed by atoms with van der Waals surface area (Å²) in [6, 6.07) is 3.37. The molecule has 1 aromatic carbocycles. The monoisotopic (exact) mass is 240 g/mol. The van der Waals surface area contributed by atoms with E-state index < -0.39 is 7.12 Å². The van der Waals surface area contributed by atoms with E-state index in [1.165, 1.54) is 6.33 Å². The molecule has 0 saturated carbocycles. The van der Waals surface area contributed by atoms with E-state index in [-0.39, 0.29) is 0 Å². The Morgan fingerprint density at radius 1 is 1.38 bits per heavy atom. The Kier molecular flexibility index (Phi) is 2.11. The number of nitrogens with zero attached hydrogens (tertiary/aromatic N) is 1. The number of hydrogen-bond acceptors (Lipinski definition) is 3. The summed E-state index contributed by atoms with van der Waals surface area (Å²) >= 11 is 3.32. The van der Waals surface area contributed by atoms with E-state index in [4.69, 9.17) is 10.0 Å². The zero-order valence-corrected chi connectivity index (χ0v) is 8.12. The number of nitrogens with one attached hydrogen (secondary N) is 1. The number of rotatable bonds is 1. The van der Waals surface area contributed by atoms with Gasteiger partial charge in [-0.25, -0.2) is 4.98 Å². The molecule has 1 aromatic heterocycles. The summed E-state index contributed by atoms with van der Waals surface area (Å²) in [6.45, 7) is 0. The van der Waals surface area contributed by atoms with E-state index in [1.807, 2.05) is 0 Å². The van der Waals surface area contributed by atoms with Gasteiger partial charge in [0.25, 0.3) is 0 Å². The molecule has 4 nitrogen and oxygen atoms in total. The molecular weight excluding hydrogens is 235 g/mol. The Hall–Kier alpha value is -0.845. The minimum absolute atomic E-state index is 0.402. The molecule has 0 aliphatic heterocycles. The summed E-state index contributed by atoms with van der Waals surface area (Å²) in [5.74, 6) is 0. The smallest absolute Gasteiger partial charge is 0.423 e. The van der Waals surface area contributed by atoms with Crippen LogP contribution < -0.4 is 5.46 Å². The fourth-order valence-electron chi connectivity index (χ4n) is 1.23. The van der Waals surface area contributed by atoms with Gasteiger partial charge in [0, 0.05) is 9.94 Å². The van der Waals surface area contributed by atoms with Gasteiger partial charge in [-0.2, -0.15) is 0 Å². The standard InChI is InChI=1S/C7H6BBrN2O2/c9-5-2-1-4(8(12)13)6-7(5)11-3-10-6/h1-3,12-13H,(H,10,11). The average molecular weight is 241 g/mol. The molecular formula is C7H6BBrN2O2. The predicted octanol–water partition coefficient (Wildman–Crippen LogP) is 0.00520. The maximum atomic E-state index is 9.02. The first-order chi connectivity index (χ1) is 6.20. The van der Waals surface area contributed by atoms with Gasteiger partial charge in [-0.3, -0.25) is 0 Å². The number of imidazole rings is 1. The molecule has 0 spiro atoms. The summed E-state index contributed by atoms with van der Waals surface area (Å²) in [4.78, 5) is 6.90. The maximum Gasteiger partial charge on any atom is 0.490 e. The molecule has 13 heavy (non-hydrogen) atoms. The van der Waals surface area contributed by atoms with Crippen molar-refractivity contribution < 1.29 is 10.0 Å². The Balaban J connectivity index is 2.78. The molecule has 2 aromatic rings. The number of hydrogen-bond donors (Lipinski definition) is 3. The van der Waals surface area contributed by atoms with Crippen LogP contribution >= 0.6 is 15.9 Å². The number of fused-ring (bicyclic) bond motifs is 1. The highest BCUT2D eigenvalue weighted by molar-refractivity contribution is 9.10. The highest BCUT2D eigenvalue weighted by atomic mass is 79.9. The van der Waals surface area contributed by atoms with E-state index in [9.17, 15) is 0 Å². The number of halogens is 1. The lowest BCUT2D eigenvalue weighted by atomic mass is 9.79. The molecule has 0 bridgehead atoms. The van der Waals surface area contributed by atoms with Crippen molar-refractivity contribution in [3.63, 3.8) is 0 Å². The van der Waals surface area contributed by atoms with E-state index in [0.717, 1.165) is 9.99 Å². The van der Waals surface area contributed by atoms with Crippen LogP contribution in [0.25, 0.3) is 11.0 Å². The van der Waals surface area contributed by atoms with E-state index >= 15 is 0 Å². The van der Waals surface area contributed by atoms with Crippen LogP contribution in [0, 0.1) is 0 Å². The van der Waals surface area contributed by atoms with Crippen molar-refractivity contribution in [1.82, 2.24) is 9.97 Å². The summed E-state index contributed by atoms with van der Waals surface area (Å²) in [5, 5.41) is 18.0. The topological polar surface area (TPSA) is 69.1 Å². The number of aromatic nitrogens is 2. The molecule has 0 amide bonds. The van der Waals surface area contributed by atoms with Gasteiger partial charge in [-0.1, -0.05) is 6.07 Å². The Morgan fingerprint density at radius 2 is 2.15 bits per heavy atom. The van der Waals surface area contributed by atoms with Crippen LogP contribution in [-0.2, 0) is 0 Å². The summed E-state index contributed by atoms with van der Waals surface area (Å²) < 4.78 is 0.851. The van der Waals surface area contributed by atoms with Gasteiger partial charge >= 0.3 is 7.12 Å². The first kappa shape index (κ1) is 8.74. The van der Waals surface area contributed by atoms with Crippen LogP contribution in [0.15, 0.2) is 22.9 Å². The van der Waals surface area contributed by atoms with Crippen molar-refractivity contribution in [2.75, 3.05) is 0 Å². The SMILES string of the molecule is OB(O)c1ccc(Br)c2[nH]cnc12. The molecule has 0 aliphatic rings. The van der Waals surface area contributed by atoms with Crippen molar-refractivity contribution in [2.24, 2.45) is 0 Å². The van der Waals surface area contributed by atoms with Crippen molar-refractivity contribution in [3.05, 3.63) is 22.9 Å². The molecule has 0 unspecified atom stereocenters. The highest BCUT2D eigenvalue weighted by Gasteiger charge is 2.17. The average Bonchev–Trinajstić information content (AvgIpc) is 2.53. The Bertz CT molecular complexity index is 443. The second-order valence-corrected chi connectivity index (χ2v) is 3.49. The van der Waals surface area contributed by atoms with Crippen molar-refractivity contribution >= 4 is 39.5 Å². The zero-order valence-electron chi connectivity index (χ0n) is 6.53. The predicted molar refractivity (Wildman–Crippen MR) is 53.6 cm³/mol. The van der Waals surface area contributed by atoms with Gasteiger partial charge in [0.15, 0.2) is 0 Å². The number of benzene rings is 1. The number of H-pyrrole nitrogens is 1. The lowest BCUT2D eigenvalue weighted by Gasteiger charge is -2.00. The fraction of sp³-hybridized carbons (Fsp3) is 0. The Morgan fingerprint density at radius 3 is 2.85 bits per heavy atom. The van der Waals surface area contributed by atoms with Gasteiger partial charge in [-0.15, -0.1) is 0 Å². The molecule has 0 atom stereocenters. The molecule has 2 rings (SSSR count). The largest absolute Gasteiger partial charge is 0.490 e. The van der Waals surface area contributed by atoms with Crippen molar-refractivity contribution in [3.8, 4) is 0 Å². The third kappa shape index (κ3) is 1.37. The van der Waals surface area contributed by atoms with E-state index in [0.29, 0.717) is 11.0 Å². The van der Waals surface area contributed by atoms with E-state index in [2.05, 4.69) is 25.9 Å². The molecule has 0 saturated heterocycles. The van der Waals surface area contributed by atoms with Crippen LogP contribution in [0.2, 0.25) is 0 Å². The normalized spacial score (nSPS) is 10.7. The maximum absolute atomic E-state index is 9.02. The first-order valence-electron chi connectivity index (χ1n) is 3.68. The minimum atomic E-state index is -1.49. The third-order valence-corrected chi connectivity index (χ3v) is 2.50. The molecule has 1 heterocycles. The van der Waals surface area contributed by atoms with Gasteiger partial charge in [0.1, 0.15) is 0 Å². The lowest BCUT2D eigenvalue weighted by Crippen LogP contribution is -2.30. The van der Waals surface area contributed by atoms with Gasteiger partial charge in [0.2, 0.25) is 0 Å². The zero-order chi connectivity index (χ0) is 9.42. The van der Waals surface area contributed by atoms with Crippen LogP contribution in [0.5, 0.6) is 0 Å². The first-order valence-corrected chi connectivity index (χ1v) is 4.47. The van der Waals surface area contributed by atoms with Crippen molar-refractivity contribution in [1.29, 1.82) is 0 Å². The van der Waals surface area contributed by atoms with Crippen LogP contribution in [0.4, 0.5) is 0 Å². The molecule has 0 aliphatic carbocycles. The Labute approximate surface area is 82.9 Å². The van der Waals surface area contributed by atoms with Gasteiger partial charge < -0.3 is 15.0 Å². The molecule has 0 radical (unpaired) electrons. The van der Waals surface area contributed by atoms with Crippen molar-refractivity contribution in [2.45, 2.75) is 0 Å². The third-order valence-electron chi connectivity index (χ3n) is 1.84. The van der Waals surface area contributed by atoms with Gasteiger partial charge in [-0.05, 0) is 22.0 Å². The van der Waals surface area contributed by atoms with Crippen LogP contribution in [0.3, 0.4) is 0 Å². The second-order valence-electron chi connectivity index (χ2n) is 2.64. The minimum Gasteiger partial charge on any atom is -0.423 e. The molecule has 66 valence electrons. The summed E-state index contributed by atoms with van der Waals surface area (Å²) in [7, 11) is -1.49. The molecule has 0 fully saturated rings. The number of aromatic amines is 1. The second kappa shape index (κ2) is 3.14.